The molecular weight excluding hydrogens is 222 g/mol. The number of amides is 1. The Balaban J connectivity index is 1.45. The van der Waals surface area contributed by atoms with Crippen molar-refractivity contribution in [2.24, 2.45) is 29.6 Å². The molecule has 0 spiro atoms. The summed E-state index contributed by atoms with van der Waals surface area (Å²) in [5, 5.41) is 3.37. The van der Waals surface area contributed by atoms with Crippen LogP contribution in [0.5, 0.6) is 0 Å². The van der Waals surface area contributed by atoms with Gasteiger partial charge in [0.25, 0.3) is 0 Å². The fourth-order valence-electron chi connectivity index (χ4n) is 5.72. The van der Waals surface area contributed by atoms with Crippen molar-refractivity contribution < 1.29 is 4.79 Å². The zero-order valence-electron chi connectivity index (χ0n) is 11.2. The molecule has 100 valence electrons. The zero-order valence-corrected chi connectivity index (χ0v) is 11.2. The van der Waals surface area contributed by atoms with Crippen LogP contribution in [0, 0.1) is 29.6 Å². The van der Waals surface area contributed by atoms with Gasteiger partial charge in [0, 0.05) is 12.0 Å². The van der Waals surface area contributed by atoms with Crippen LogP contribution in [0.1, 0.15) is 57.8 Å². The summed E-state index contributed by atoms with van der Waals surface area (Å²) in [5.41, 5.74) is 0. The molecule has 5 saturated carbocycles. The van der Waals surface area contributed by atoms with Gasteiger partial charge < -0.3 is 5.32 Å². The summed E-state index contributed by atoms with van der Waals surface area (Å²) in [6.07, 6.45) is 12.0. The monoisotopic (exact) mass is 247 g/mol. The van der Waals surface area contributed by atoms with E-state index >= 15 is 0 Å². The average molecular weight is 247 g/mol. The third-order valence-electron chi connectivity index (χ3n) is 6.23. The molecule has 2 nitrogen and oxygen atoms in total. The first-order chi connectivity index (χ1) is 8.79. The van der Waals surface area contributed by atoms with Gasteiger partial charge >= 0.3 is 0 Å². The van der Waals surface area contributed by atoms with Gasteiger partial charge in [-0.2, -0.15) is 0 Å². The van der Waals surface area contributed by atoms with Gasteiger partial charge in [-0.15, -0.1) is 0 Å². The molecule has 0 aromatic heterocycles. The third kappa shape index (κ3) is 1.80. The van der Waals surface area contributed by atoms with Crippen molar-refractivity contribution >= 4 is 5.91 Å². The predicted molar refractivity (Wildman–Crippen MR) is 70.9 cm³/mol. The van der Waals surface area contributed by atoms with Crippen LogP contribution in [0.4, 0.5) is 0 Å². The summed E-state index contributed by atoms with van der Waals surface area (Å²) in [4.78, 5) is 12.6. The second-order valence-corrected chi connectivity index (χ2v) is 7.45. The van der Waals surface area contributed by atoms with Crippen LogP contribution in [0.25, 0.3) is 0 Å². The molecule has 4 bridgehead atoms. The van der Waals surface area contributed by atoms with Crippen LogP contribution in [-0.4, -0.2) is 11.9 Å². The van der Waals surface area contributed by atoms with Gasteiger partial charge in [0.1, 0.15) is 0 Å². The predicted octanol–water partition coefficient (Wildman–Crippen LogP) is 3.12. The molecule has 5 rings (SSSR count). The first kappa shape index (κ1) is 11.3. The highest BCUT2D eigenvalue weighted by atomic mass is 16.2. The highest BCUT2D eigenvalue weighted by Gasteiger charge is 2.50. The number of nitrogens with one attached hydrogen (secondary N) is 1. The van der Waals surface area contributed by atoms with E-state index in [0.717, 1.165) is 23.7 Å². The third-order valence-corrected chi connectivity index (χ3v) is 6.23. The van der Waals surface area contributed by atoms with Crippen molar-refractivity contribution in [3.05, 3.63) is 0 Å². The summed E-state index contributed by atoms with van der Waals surface area (Å²) in [5.74, 6) is 4.24. The maximum atomic E-state index is 12.6. The van der Waals surface area contributed by atoms with Crippen molar-refractivity contribution in [2.45, 2.75) is 63.8 Å². The van der Waals surface area contributed by atoms with Gasteiger partial charge in [-0.25, -0.2) is 0 Å². The quantitative estimate of drug-likeness (QED) is 0.798. The molecule has 0 aromatic rings. The second-order valence-electron chi connectivity index (χ2n) is 7.45. The molecular formula is C16H25NO. The van der Waals surface area contributed by atoms with Crippen molar-refractivity contribution in [3.63, 3.8) is 0 Å². The molecule has 0 saturated heterocycles. The summed E-state index contributed by atoms with van der Waals surface area (Å²) >= 11 is 0. The number of carbonyl (C=O) groups is 1. The van der Waals surface area contributed by atoms with Gasteiger partial charge in [0.05, 0.1) is 0 Å². The smallest absolute Gasteiger partial charge is 0.223 e. The number of carbonyl (C=O) groups excluding carboxylic acids is 1. The number of rotatable bonds is 2. The van der Waals surface area contributed by atoms with E-state index in [1.165, 1.54) is 57.8 Å². The molecule has 1 amide bonds. The second kappa shape index (κ2) is 4.25. The SMILES string of the molecule is O=C(NC1CCCC1)C1C2CC3CC(C2)CC1C3. The first-order valence-corrected chi connectivity index (χ1v) is 8.10. The number of hydrogen-bond acceptors (Lipinski definition) is 1. The molecule has 5 aliphatic rings. The fourth-order valence-corrected chi connectivity index (χ4v) is 5.72. The van der Waals surface area contributed by atoms with Gasteiger partial charge in [0.15, 0.2) is 0 Å². The van der Waals surface area contributed by atoms with E-state index in [-0.39, 0.29) is 0 Å². The largest absolute Gasteiger partial charge is 0.353 e. The molecule has 5 aliphatic carbocycles. The minimum absolute atomic E-state index is 0.387. The minimum atomic E-state index is 0.387. The lowest BCUT2D eigenvalue weighted by molar-refractivity contribution is -0.138. The lowest BCUT2D eigenvalue weighted by atomic mass is 9.51. The molecule has 0 heterocycles. The first-order valence-electron chi connectivity index (χ1n) is 8.10. The van der Waals surface area contributed by atoms with Gasteiger partial charge in [-0.3, -0.25) is 4.79 Å². The van der Waals surface area contributed by atoms with Crippen LogP contribution in [0.2, 0.25) is 0 Å². The van der Waals surface area contributed by atoms with Crippen LogP contribution in [0.15, 0.2) is 0 Å². The number of hydrogen-bond donors (Lipinski definition) is 1. The van der Waals surface area contributed by atoms with Crippen LogP contribution >= 0.6 is 0 Å². The topological polar surface area (TPSA) is 29.1 Å². The van der Waals surface area contributed by atoms with Crippen molar-refractivity contribution in [1.82, 2.24) is 5.32 Å². The normalized spacial score (nSPS) is 46.6. The standard InChI is InChI=1S/C16H25NO/c18-16(17-14-3-1-2-4-14)15-12-6-10-5-11(8-12)9-13(15)7-10/h10-15H,1-9H2,(H,17,18). The fraction of sp³-hybridized carbons (Fsp3) is 0.938. The van der Waals surface area contributed by atoms with Crippen LogP contribution in [-0.2, 0) is 4.79 Å². The van der Waals surface area contributed by atoms with Crippen LogP contribution in [0.3, 0.4) is 0 Å². The van der Waals surface area contributed by atoms with E-state index in [1.807, 2.05) is 0 Å². The Bertz CT molecular complexity index is 317. The van der Waals surface area contributed by atoms with E-state index < -0.39 is 0 Å². The zero-order chi connectivity index (χ0) is 12.1. The molecule has 0 unspecified atom stereocenters. The molecule has 0 aromatic carbocycles. The molecule has 18 heavy (non-hydrogen) atoms. The van der Waals surface area contributed by atoms with E-state index in [9.17, 15) is 4.79 Å². The highest BCUT2D eigenvalue weighted by Crippen LogP contribution is 2.56. The molecule has 0 radical (unpaired) electrons. The maximum absolute atomic E-state index is 12.6. The maximum Gasteiger partial charge on any atom is 0.223 e. The lowest BCUT2D eigenvalue weighted by Gasteiger charge is -2.53. The van der Waals surface area contributed by atoms with Gasteiger partial charge in [-0.1, -0.05) is 12.8 Å². The molecule has 0 aliphatic heterocycles. The van der Waals surface area contributed by atoms with Crippen molar-refractivity contribution in [2.75, 3.05) is 0 Å². The summed E-state index contributed by atoms with van der Waals surface area (Å²) < 4.78 is 0. The highest BCUT2D eigenvalue weighted by molar-refractivity contribution is 5.80. The molecule has 2 heteroatoms. The molecule has 5 fully saturated rings. The van der Waals surface area contributed by atoms with E-state index in [4.69, 9.17) is 0 Å². The average Bonchev–Trinajstić information content (AvgIpc) is 2.80. The lowest BCUT2D eigenvalue weighted by Crippen LogP contribution is -2.52. The van der Waals surface area contributed by atoms with Crippen molar-refractivity contribution in [3.8, 4) is 0 Å². The van der Waals surface area contributed by atoms with Gasteiger partial charge in [-0.05, 0) is 68.6 Å². The summed E-state index contributed by atoms with van der Waals surface area (Å²) in [7, 11) is 0. The summed E-state index contributed by atoms with van der Waals surface area (Å²) in [6, 6.07) is 0.509. The van der Waals surface area contributed by atoms with Crippen LogP contribution < -0.4 is 5.32 Å². The molecule has 1 N–H and O–H groups in total. The Morgan fingerprint density at radius 3 is 1.94 bits per heavy atom. The Hall–Kier alpha value is -0.530. The molecule has 0 atom stereocenters. The van der Waals surface area contributed by atoms with E-state index in [2.05, 4.69) is 5.32 Å². The Morgan fingerprint density at radius 1 is 0.833 bits per heavy atom. The Morgan fingerprint density at radius 2 is 1.39 bits per heavy atom. The Labute approximate surface area is 110 Å². The van der Waals surface area contributed by atoms with E-state index in [0.29, 0.717) is 17.9 Å². The summed E-state index contributed by atoms with van der Waals surface area (Å²) in [6.45, 7) is 0. The minimum Gasteiger partial charge on any atom is -0.353 e. The Kier molecular flexibility index (Phi) is 2.67. The van der Waals surface area contributed by atoms with Gasteiger partial charge in [0.2, 0.25) is 5.91 Å². The van der Waals surface area contributed by atoms with E-state index in [1.54, 1.807) is 0 Å². The van der Waals surface area contributed by atoms with Crippen molar-refractivity contribution in [1.29, 1.82) is 0 Å².